The van der Waals surface area contributed by atoms with E-state index in [9.17, 15) is 13.2 Å². The summed E-state index contributed by atoms with van der Waals surface area (Å²) in [6.45, 7) is 1.50. The fourth-order valence-corrected chi connectivity index (χ4v) is 1.66. The van der Waals surface area contributed by atoms with Gasteiger partial charge in [0, 0.05) is 19.5 Å². The number of carbonyl (C=O) groups is 1. The second-order valence-electron chi connectivity index (χ2n) is 2.71. The van der Waals surface area contributed by atoms with E-state index in [2.05, 4.69) is 14.0 Å². The van der Waals surface area contributed by atoms with Gasteiger partial charge in [-0.1, -0.05) is 6.92 Å². The molecule has 8 heteroatoms. The summed E-state index contributed by atoms with van der Waals surface area (Å²) in [6, 6.07) is 1.44. The normalized spacial score (nSPS) is 11.1. The minimum absolute atomic E-state index is 0.00764. The van der Waals surface area contributed by atoms with Crippen LogP contribution in [-0.4, -0.2) is 24.2 Å². The lowest BCUT2D eigenvalue weighted by molar-refractivity contribution is -0.133. The standard InChI is InChI=1S/C7H11N3O4S/c1-3-7(11)14-15(12,13)9-6-4-5-8-10(6)2/h4-5,9H,3H2,1-2H3. The highest BCUT2D eigenvalue weighted by Gasteiger charge is 2.16. The van der Waals surface area contributed by atoms with Crippen molar-refractivity contribution < 1.29 is 17.4 Å². The molecule has 0 unspecified atom stereocenters. The summed E-state index contributed by atoms with van der Waals surface area (Å²) in [7, 11) is -2.54. The average Bonchev–Trinajstić information content (AvgIpc) is 2.50. The highest BCUT2D eigenvalue weighted by atomic mass is 32.2. The minimum atomic E-state index is -4.10. The lowest BCUT2D eigenvalue weighted by atomic mass is 10.5. The number of hydrogen-bond acceptors (Lipinski definition) is 5. The molecule has 0 amide bonds. The number of aryl methyl sites for hydroxylation is 1. The molecular formula is C7H11N3O4S. The fraction of sp³-hybridized carbons (Fsp3) is 0.429. The molecule has 0 atom stereocenters. The molecule has 1 N–H and O–H groups in total. The molecule has 0 aliphatic heterocycles. The van der Waals surface area contributed by atoms with Gasteiger partial charge in [-0.25, -0.2) is 4.72 Å². The van der Waals surface area contributed by atoms with Crippen LogP contribution in [0.2, 0.25) is 0 Å². The van der Waals surface area contributed by atoms with Crippen LogP contribution in [0.3, 0.4) is 0 Å². The Kier molecular flexibility index (Phi) is 3.30. The van der Waals surface area contributed by atoms with E-state index in [1.165, 1.54) is 23.9 Å². The van der Waals surface area contributed by atoms with Crippen molar-refractivity contribution in [2.24, 2.45) is 7.05 Å². The van der Waals surface area contributed by atoms with E-state index in [-0.39, 0.29) is 12.2 Å². The zero-order valence-electron chi connectivity index (χ0n) is 8.30. The van der Waals surface area contributed by atoms with Crippen LogP contribution in [0.15, 0.2) is 12.3 Å². The summed E-state index contributed by atoms with van der Waals surface area (Å²) in [5.74, 6) is -0.594. The van der Waals surface area contributed by atoms with Crippen LogP contribution in [0.25, 0.3) is 0 Å². The maximum atomic E-state index is 11.2. The van der Waals surface area contributed by atoms with Crippen molar-refractivity contribution in [2.75, 3.05) is 4.72 Å². The second-order valence-corrected chi connectivity index (χ2v) is 3.98. The highest BCUT2D eigenvalue weighted by Crippen LogP contribution is 2.07. The molecule has 0 aliphatic carbocycles. The molecule has 0 saturated heterocycles. The molecule has 84 valence electrons. The predicted octanol–water partition coefficient (Wildman–Crippen LogP) is 0.0300. The lowest BCUT2D eigenvalue weighted by Gasteiger charge is -2.06. The molecule has 1 rings (SSSR count). The lowest BCUT2D eigenvalue weighted by Crippen LogP contribution is -2.21. The maximum absolute atomic E-state index is 11.2. The molecule has 1 aromatic rings. The van der Waals surface area contributed by atoms with Gasteiger partial charge in [0.15, 0.2) is 0 Å². The number of rotatable bonds is 4. The van der Waals surface area contributed by atoms with Gasteiger partial charge < -0.3 is 4.18 Å². The summed E-state index contributed by atoms with van der Waals surface area (Å²) >= 11 is 0. The van der Waals surface area contributed by atoms with E-state index >= 15 is 0 Å². The van der Waals surface area contributed by atoms with Crippen molar-refractivity contribution >= 4 is 22.1 Å². The number of anilines is 1. The van der Waals surface area contributed by atoms with Crippen molar-refractivity contribution in [3.63, 3.8) is 0 Å². The van der Waals surface area contributed by atoms with E-state index in [0.717, 1.165) is 0 Å². The summed E-state index contributed by atoms with van der Waals surface area (Å²) in [6.07, 6.45) is 1.41. The fourth-order valence-electron chi connectivity index (χ4n) is 0.804. The largest absolute Gasteiger partial charge is 0.411 e. The molecule has 1 aromatic heterocycles. The van der Waals surface area contributed by atoms with E-state index in [1.807, 2.05) is 0 Å². The van der Waals surface area contributed by atoms with Crippen LogP contribution in [0.1, 0.15) is 13.3 Å². The summed E-state index contributed by atoms with van der Waals surface area (Å²) in [5.41, 5.74) is 0. The topological polar surface area (TPSA) is 90.3 Å². The third-order valence-electron chi connectivity index (χ3n) is 1.54. The third-order valence-corrected chi connectivity index (χ3v) is 2.41. The SMILES string of the molecule is CCC(=O)OS(=O)(=O)Nc1ccnn1C. The van der Waals surface area contributed by atoms with Gasteiger partial charge in [-0.2, -0.15) is 13.5 Å². The number of hydrogen-bond donors (Lipinski definition) is 1. The highest BCUT2D eigenvalue weighted by molar-refractivity contribution is 7.88. The molecule has 0 radical (unpaired) electrons. The molecular weight excluding hydrogens is 222 g/mol. The van der Waals surface area contributed by atoms with Crippen molar-refractivity contribution in [3.05, 3.63) is 12.3 Å². The van der Waals surface area contributed by atoms with Gasteiger partial charge in [0.2, 0.25) is 0 Å². The molecule has 15 heavy (non-hydrogen) atoms. The van der Waals surface area contributed by atoms with Crippen LogP contribution >= 0.6 is 0 Å². The first-order valence-corrected chi connectivity index (χ1v) is 5.58. The minimum Gasteiger partial charge on any atom is -0.330 e. The smallest absolute Gasteiger partial charge is 0.330 e. The van der Waals surface area contributed by atoms with Gasteiger partial charge in [-0.3, -0.25) is 9.48 Å². The van der Waals surface area contributed by atoms with Gasteiger partial charge in [0.1, 0.15) is 5.82 Å². The van der Waals surface area contributed by atoms with E-state index < -0.39 is 16.3 Å². The molecule has 0 aliphatic rings. The molecule has 0 spiro atoms. The molecule has 0 fully saturated rings. The van der Waals surface area contributed by atoms with Crippen molar-refractivity contribution in [3.8, 4) is 0 Å². The zero-order chi connectivity index (χ0) is 11.5. The van der Waals surface area contributed by atoms with Crippen molar-refractivity contribution in [1.82, 2.24) is 9.78 Å². The molecule has 0 saturated carbocycles. The Hall–Kier alpha value is -1.57. The van der Waals surface area contributed by atoms with Crippen LogP contribution in [0, 0.1) is 0 Å². The summed E-state index contributed by atoms with van der Waals surface area (Å²) < 4.78 is 30.0. The third kappa shape index (κ3) is 3.24. The number of nitrogens with zero attached hydrogens (tertiary/aromatic N) is 2. The van der Waals surface area contributed by atoms with Crippen LogP contribution in [0.5, 0.6) is 0 Å². The van der Waals surface area contributed by atoms with Gasteiger partial charge in [0.05, 0.1) is 6.20 Å². The molecule has 0 aromatic carbocycles. The monoisotopic (exact) mass is 233 g/mol. The van der Waals surface area contributed by atoms with Crippen LogP contribution in [0.4, 0.5) is 5.82 Å². The quantitative estimate of drug-likeness (QED) is 0.792. The predicted molar refractivity (Wildman–Crippen MR) is 52.1 cm³/mol. The first-order chi connectivity index (χ1) is 6.94. The first-order valence-electron chi connectivity index (χ1n) is 4.17. The Labute approximate surface area is 87.3 Å². The second kappa shape index (κ2) is 4.30. The summed E-state index contributed by atoms with van der Waals surface area (Å²) in [5, 5.41) is 3.75. The van der Waals surface area contributed by atoms with Crippen LogP contribution in [-0.2, 0) is 26.3 Å². The van der Waals surface area contributed by atoms with Gasteiger partial charge >= 0.3 is 16.3 Å². The molecule has 7 nitrogen and oxygen atoms in total. The van der Waals surface area contributed by atoms with Gasteiger partial charge in [-0.05, 0) is 0 Å². The first kappa shape index (κ1) is 11.5. The van der Waals surface area contributed by atoms with Gasteiger partial charge in [0.25, 0.3) is 0 Å². The van der Waals surface area contributed by atoms with E-state index in [4.69, 9.17) is 0 Å². The van der Waals surface area contributed by atoms with Crippen LogP contribution < -0.4 is 4.72 Å². The summed E-state index contributed by atoms with van der Waals surface area (Å²) in [4.78, 5) is 10.8. The van der Waals surface area contributed by atoms with E-state index in [0.29, 0.717) is 0 Å². The Morgan fingerprint density at radius 3 is 2.80 bits per heavy atom. The Bertz CT molecular complexity index is 451. The average molecular weight is 233 g/mol. The van der Waals surface area contributed by atoms with Crippen molar-refractivity contribution in [2.45, 2.75) is 13.3 Å². The Balaban J connectivity index is 2.73. The Morgan fingerprint density at radius 2 is 2.33 bits per heavy atom. The Morgan fingerprint density at radius 1 is 1.67 bits per heavy atom. The molecule has 1 heterocycles. The number of nitrogens with one attached hydrogen (secondary N) is 1. The number of carbonyl (C=O) groups excluding carboxylic acids is 1. The number of aromatic nitrogens is 2. The van der Waals surface area contributed by atoms with E-state index in [1.54, 1.807) is 7.05 Å². The van der Waals surface area contributed by atoms with Gasteiger partial charge in [-0.15, -0.1) is 0 Å². The maximum Gasteiger partial charge on any atom is 0.411 e. The zero-order valence-corrected chi connectivity index (χ0v) is 9.11. The molecule has 0 bridgehead atoms. The van der Waals surface area contributed by atoms with Crippen molar-refractivity contribution in [1.29, 1.82) is 0 Å².